The van der Waals surface area contributed by atoms with Gasteiger partial charge in [0.25, 0.3) is 11.7 Å². The molecule has 6 rings (SSSR count). The van der Waals surface area contributed by atoms with E-state index in [0.29, 0.717) is 24.5 Å². The Kier molecular flexibility index (Phi) is 6.83. The van der Waals surface area contributed by atoms with Gasteiger partial charge in [-0.15, -0.1) is 0 Å². The zero-order valence-corrected chi connectivity index (χ0v) is 21.8. The van der Waals surface area contributed by atoms with Gasteiger partial charge in [0.1, 0.15) is 30.0 Å². The minimum absolute atomic E-state index is 0.0528. The Labute approximate surface area is 227 Å². The van der Waals surface area contributed by atoms with Crippen LogP contribution in [0.4, 0.5) is 0 Å². The largest absolute Gasteiger partial charge is 0.507 e. The summed E-state index contributed by atoms with van der Waals surface area (Å²) in [5, 5.41) is 11.5. The maximum absolute atomic E-state index is 13.4. The number of amides is 1. The maximum atomic E-state index is 13.4. The van der Waals surface area contributed by atoms with Gasteiger partial charge in [0.2, 0.25) is 0 Å². The first kappa shape index (κ1) is 25.2. The van der Waals surface area contributed by atoms with Crippen LogP contribution in [0.5, 0.6) is 11.5 Å². The molecule has 3 aromatic rings. The predicted molar refractivity (Wildman–Crippen MR) is 145 cm³/mol. The standard InChI is InChI=1S/C32H31NO6/c1-20-16-24-17-23(11-14-27(24)39-20)30(34)28-29(33(32(36)31(28)35)18-26-8-5-15-37-26)22-9-12-25(13-10-22)38-19-21-6-3-2-4-7-21/h2-4,6-7,9-14,17,20,26,29,34H,5,8,15-16,18-19H2,1H3/t20-,26-,29+/m0/s1. The van der Waals surface area contributed by atoms with Crippen molar-refractivity contribution >= 4 is 17.4 Å². The molecular weight excluding hydrogens is 494 g/mol. The number of ether oxygens (including phenoxy) is 3. The van der Waals surface area contributed by atoms with Gasteiger partial charge in [-0.25, -0.2) is 0 Å². The van der Waals surface area contributed by atoms with E-state index in [9.17, 15) is 14.7 Å². The predicted octanol–water partition coefficient (Wildman–Crippen LogP) is 5.19. The van der Waals surface area contributed by atoms with Crippen LogP contribution in [0.25, 0.3) is 5.76 Å². The number of benzene rings is 3. The number of nitrogens with zero attached hydrogens (tertiary/aromatic N) is 1. The van der Waals surface area contributed by atoms with Crippen LogP contribution in [0.15, 0.2) is 78.4 Å². The van der Waals surface area contributed by atoms with Gasteiger partial charge >= 0.3 is 0 Å². The molecule has 39 heavy (non-hydrogen) atoms. The number of hydrogen-bond donors (Lipinski definition) is 1. The molecule has 7 heteroatoms. The van der Waals surface area contributed by atoms with Crippen LogP contribution in [0.2, 0.25) is 0 Å². The summed E-state index contributed by atoms with van der Waals surface area (Å²) in [6.07, 6.45) is 2.38. The summed E-state index contributed by atoms with van der Waals surface area (Å²) < 4.78 is 17.5. The SMILES string of the molecule is C[C@H]1Cc2cc(C(O)=C3C(=O)C(=O)N(C[C@@H]4CCCO4)[C@@H]3c3ccc(OCc4ccccc4)cc3)ccc2O1. The van der Waals surface area contributed by atoms with E-state index in [-0.39, 0.29) is 30.1 Å². The number of hydrogen-bond acceptors (Lipinski definition) is 6. The molecule has 3 aromatic carbocycles. The summed E-state index contributed by atoms with van der Waals surface area (Å²) in [6.45, 7) is 3.35. The molecule has 0 unspecified atom stereocenters. The van der Waals surface area contributed by atoms with E-state index in [1.807, 2.05) is 73.7 Å². The first-order chi connectivity index (χ1) is 19.0. The van der Waals surface area contributed by atoms with E-state index in [4.69, 9.17) is 14.2 Å². The lowest BCUT2D eigenvalue weighted by atomic mass is 9.94. The highest BCUT2D eigenvalue weighted by Crippen LogP contribution is 2.41. The Hall–Kier alpha value is -4.10. The highest BCUT2D eigenvalue weighted by atomic mass is 16.5. The van der Waals surface area contributed by atoms with Gasteiger partial charge in [0.15, 0.2) is 0 Å². The fourth-order valence-electron chi connectivity index (χ4n) is 5.63. The van der Waals surface area contributed by atoms with E-state index in [1.54, 1.807) is 11.0 Å². The van der Waals surface area contributed by atoms with Crippen molar-refractivity contribution in [2.75, 3.05) is 13.2 Å². The second-order valence-electron chi connectivity index (χ2n) is 10.4. The molecule has 0 bridgehead atoms. The maximum Gasteiger partial charge on any atom is 0.295 e. The van der Waals surface area contributed by atoms with Crippen molar-refractivity contribution < 1.29 is 28.9 Å². The van der Waals surface area contributed by atoms with E-state index < -0.39 is 17.7 Å². The number of fused-ring (bicyclic) bond motifs is 1. The third-order valence-corrected chi connectivity index (χ3v) is 7.58. The van der Waals surface area contributed by atoms with Crippen LogP contribution in [0, 0.1) is 0 Å². The Morgan fingerprint density at radius 1 is 1.05 bits per heavy atom. The summed E-state index contributed by atoms with van der Waals surface area (Å²) in [5.41, 5.74) is 3.33. The lowest BCUT2D eigenvalue weighted by Gasteiger charge is -2.27. The van der Waals surface area contributed by atoms with Gasteiger partial charge in [0, 0.05) is 25.1 Å². The fourth-order valence-corrected chi connectivity index (χ4v) is 5.63. The van der Waals surface area contributed by atoms with Crippen molar-refractivity contribution in [3.8, 4) is 11.5 Å². The van der Waals surface area contributed by atoms with Crippen LogP contribution in [0.3, 0.4) is 0 Å². The number of aliphatic hydroxyl groups excluding tert-OH is 1. The molecule has 3 aliphatic rings. The van der Waals surface area contributed by atoms with Crippen LogP contribution < -0.4 is 9.47 Å². The molecule has 3 aliphatic heterocycles. The lowest BCUT2D eigenvalue weighted by Crippen LogP contribution is -2.36. The summed E-state index contributed by atoms with van der Waals surface area (Å²) in [6, 6.07) is 21.9. The first-order valence-corrected chi connectivity index (χ1v) is 13.4. The number of rotatable bonds is 7. The zero-order chi connectivity index (χ0) is 26.9. The molecule has 0 saturated carbocycles. The lowest BCUT2D eigenvalue weighted by molar-refractivity contribution is -0.140. The third-order valence-electron chi connectivity index (χ3n) is 7.58. The van der Waals surface area contributed by atoms with Crippen molar-refractivity contribution in [3.63, 3.8) is 0 Å². The van der Waals surface area contributed by atoms with Crippen LogP contribution in [-0.4, -0.2) is 47.1 Å². The second-order valence-corrected chi connectivity index (χ2v) is 10.4. The van der Waals surface area contributed by atoms with Gasteiger partial charge in [-0.2, -0.15) is 0 Å². The van der Waals surface area contributed by atoms with E-state index in [1.165, 1.54) is 0 Å². The molecule has 2 saturated heterocycles. The molecule has 1 amide bonds. The normalized spacial score (nSPS) is 23.6. The molecule has 0 aliphatic carbocycles. The Morgan fingerprint density at radius 3 is 2.59 bits per heavy atom. The van der Waals surface area contributed by atoms with Gasteiger partial charge in [-0.1, -0.05) is 42.5 Å². The average Bonchev–Trinajstić information content (AvgIpc) is 3.67. The summed E-state index contributed by atoms with van der Waals surface area (Å²) in [4.78, 5) is 28.3. The minimum Gasteiger partial charge on any atom is -0.507 e. The van der Waals surface area contributed by atoms with Gasteiger partial charge < -0.3 is 24.2 Å². The quantitative estimate of drug-likeness (QED) is 0.260. The third kappa shape index (κ3) is 5.02. The topological polar surface area (TPSA) is 85.3 Å². The Balaban J connectivity index is 1.34. The summed E-state index contributed by atoms with van der Waals surface area (Å²) in [7, 11) is 0. The van der Waals surface area contributed by atoms with Gasteiger partial charge in [-0.3, -0.25) is 9.59 Å². The Morgan fingerprint density at radius 2 is 1.85 bits per heavy atom. The fraction of sp³-hybridized carbons (Fsp3) is 0.312. The van der Waals surface area contributed by atoms with E-state index >= 15 is 0 Å². The van der Waals surface area contributed by atoms with Gasteiger partial charge in [0.05, 0.1) is 17.7 Å². The number of aliphatic hydroxyl groups is 1. The highest BCUT2D eigenvalue weighted by molar-refractivity contribution is 6.46. The molecule has 3 atom stereocenters. The van der Waals surface area contributed by atoms with Crippen molar-refractivity contribution in [2.24, 2.45) is 0 Å². The summed E-state index contributed by atoms with van der Waals surface area (Å²) in [5.74, 6) is -0.0449. The number of ketones is 1. The molecular formula is C32H31NO6. The van der Waals surface area contributed by atoms with Crippen molar-refractivity contribution in [1.29, 1.82) is 0 Å². The molecule has 0 aromatic heterocycles. The van der Waals surface area contributed by atoms with Crippen molar-refractivity contribution in [3.05, 3.63) is 101 Å². The smallest absolute Gasteiger partial charge is 0.295 e. The zero-order valence-electron chi connectivity index (χ0n) is 21.8. The molecule has 1 N–H and O–H groups in total. The molecule has 7 nitrogen and oxygen atoms in total. The van der Waals surface area contributed by atoms with Crippen LogP contribution in [-0.2, 0) is 27.4 Å². The van der Waals surface area contributed by atoms with E-state index in [0.717, 1.165) is 41.7 Å². The average molecular weight is 526 g/mol. The van der Waals surface area contributed by atoms with E-state index in [2.05, 4.69) is 0 Å². The minimum atomic E-state index is -0.735. The second kappa shape index (κ2) is 10.6. The molecule has 3 heterocycles. The summed E-state index contributed by atoms with van der Waals surface area (Å²) >= 11 is 0. The first-order valence-electron chi connectivity index (χ1n) is 13.4. The molecule has 0 radical (unpaired) electrons. The van der Waals surface area contributed by atoms with Crippen molar-refractivity contribution in [1.82, 2.24) is 4.90 Å². The number of likely N-dealkylation sites (tertiary alicyclic amines) is 1. The van der Waals surface area contributed by atoms with Gasteiger partial charge in [-0.05, 0) is 66.8 Å². The monoisotopic (exact) mass is 525 g/mol. The number of carbonyl (C=O) groups excluding carboxylic acids is 2. The Bertz CT molecular complexity index is 1410. The van der Waals surface area contributed by atoms with Crippen LogP contribution in [0.1, 0.15) is 48.1 Å². The molecule has 200 valence electrons. The van der Waals surface area contributed by atoms with Crippen molar-refractivity contribution in [2.45, 2.75) is 51.0 Å². The number of carbonyl (C=O) groups is 2. The van der Waals surface area contributed by atoms with Crippen LogP contribution >= 0.6 is 0 Å². The number of Topliss-reactive ketones (excluding diaryl/α,β-unsaturated/α-hetero) is 1. The molecule has 2 fully saturated rings. The molecule has 0 spiro atoms. The highest BCUT2D eigenvalue weighted by Gasteiger charge is 2.47.